The highest BCUT2D eigenvalue weighted by Gasteiger charge is 2.23. The van der Waals surface area contributed by atoms with Gasteiger partial charge in [-0.25, -0.2) is 0 Å². The highest BCUT2D eigenvalue weighted by atomic mass is 35.5. The second-order valence-electron chi connectivity index (χ2n) is 3.33. The molecule has 14 heavy (non-hydrogen) atoms. The average molecular weight is 214 g/mol. The van der Waals surface area contributed by atoms with Crippen LogP contribution in [0, 0.1) is 6.92 Å². The third kappa shape index (κ3) is 1.89. The van der Waals surface area contributed by atoms with E-state index < -0.39 is 0 Å². The van der Waals surface area contributed by atoms with E-state index in [1.54, 1.807) is 6.07 Å². The highest BCUT2D eigenvalue weighted by Crippen LogP contribution is 2.31. The zero-order valence-electron chi connectivity index (χ0n) is 7.82. The van der Waals surface area contributed by atoms with Gasteiger partial charge in [-0.2, -0.15) is 0 Å². The Morgan fingerprint density at radius 3 is 2.93 bits per heavy atom. The minimum atomic E-state index is -0.246. The fourth-order valence-electron chi connectivity index (χ4n) is 1.50. The number of hydrogen-bond acceptors (Lipinski definition) is 3. The molecular formula is C10H12ClNO2. The van der Waals surface area contributed by atoms with E-state index in [1.165, 1.54) is 0 Å². The molecular weight excluding hydrogens is 202 g/mol. The van der Waals surface area contributed by atoms with Crippen molar-refractivity contribution in [2.24, 2.45) is 5.73 Å². The smallest absolute Gasteiger partial charge is 0.313 e. The highest BCUT2D eigenvalue weighted by molar-refractivity contribution is 5.85. The van der Waals surface area contributed by atoms with Crippen LogP contribution in [0.1, 0.15) is 23.6 Å². The van der Waals surface area contributed by atoms with Crippen LogP contribution in [0.4, 0.5) is 0 Å². The van der Waals surface area contributed by atoms with E-state index in [9.17, 15) is 4.79 Å². The van der Waals surface area contributed by atoms with E-state index >= 15 is 0 Å². The van der Waals surface area contributed by atoms with Gasteiger partial charge in [-0.15, -0.1) is 12.4 Å². The second-order valence-corrected chi connectivity index (χ2v) is 3.33. The van der Waals surface area contributed by atoms with Crippen molar-refractivity contribution < 1.29 is 9.53 Å². The van der Waals surface area contributed by atoms with Gasteiger partial charge >= 0.3 is 5.97 Å². The third-order valence-corrected chi connectivity index (χ3v) is 2.18. The molecule has 3 nitrogen and oxygen atoms in total. The molecule has 0 saturated heterocycles. The van der Waals surface area contributed by atoms with Crippen LogP contribution < -0.4 is 10.5 Å². The Balaban J connectivity index is 0.000000980. The maximum Gasteiger partial charge on any atom is 0.313 e. The molecule has 0 bridgehead atoms. The Morgan fingerprint density at radius 1 is 1.50 bits per heavy atom. The molecule has 0 aliphatic carbocycles. The molecule has 0 fully saturated rings. The number of halogens is 1. The number of fused-ring (bicyclic) bond motifs is 1. The van der Waals surface area contributed by atoms with Crippen molar-refractivity contribution in [1.29, 1.82) is 0 Å². The van der Waals surface area contributed by atoms with E-state index in [-0.39, 0.29) is 30.8 Å². The summed E-state index contributed by atoms with van der Waals surface area (Å²) in [5, 5.41) is 0. The molecule has 2 rings (SSSR count). The lowest BCUT2D eigenvalue weighted by atomic mass is 9.99. The Labute approximate surface area is 88.7 Å². The fraction of sp³-hybridized carbons (Fsp3) is 0.300. The fourth-order valence-corrected chi connectivity index (χ4v) is 1.50. The van der Waals surface area contributed by atoms with E-state index in [2.05, 4.69) is 0 Å². The first-order chi connectivity index (χ1) is 6.16. The number of benzene rings is 1. The molecule has 1 atom stereocenters. The van der Waals surface area contributed by atoms with Crippen molar-refractivity contribution in [3.8, 4) is 5.75 Å². The molecule has 4 heteroatoms. The number of hydrogen-bond donors (Lipinski definition) is 1. The summed E-state index contributed by atoms with van der Waals surface area (Å²) in [5.74, 6) is 0.359. The molecule has 1 unspecified atom stereocenters. The van der Waals surface area contributed by atoms with Gasteiger partial charge < -0.3 is 10.5 Å². The molecule has 1 heterocycles. The van der Waals surface area contributed by atoms with Gasteiger partial charge in [0.2, 0.25) is 0 Å². The summed E-state index contributed by atoms with van der Waals surface area (Å²) in [6, 6.07) is 5.45. The monoisotopic (exact) mass is 213 g/mol. The summed E-state index contributed by atoms with van der Waals surface area (Å²) in [5.41, 5.74) is 7.87. The topological polar surface area (TPSA) is 52.3 Å². The van der Waals surface area contributed by atoms with Gasteiger partial charge in [0.1, 0.15) is 5.75 Å². The molecule has 1 aliphatic rings. The summed E-state index contributed by atoms with van der Waals surface area (Å²) in [4.78, 5) is 11.0. The number of carbonyl (C=O) groups is 1. The van der Waals surface area contributed by atoms with Crippen molar-refractivity contribution in [1.82, 2.24) is 0 Å². The Kier molecular flexibility index (Phi) is 3.13. The van der Waals surface area contributed by atoms with Crippen LogP contribution >= 0.6 is 12.4 Å². The normalized spacial score (nSPS) is 19.3. The Hall–Kier alpha value is -1.06. The minimum Gasteiger partial charge on any atom is -0.426 e. The van der Waals surface area contributed by atoms with Crippen LogP contribution in [0.2, 0.25) is 0 Å². The lowest BCUT2D eigenvalue weighted by molar-refractivity contribution is -0.135. The van der Waals surface area contributed by atoms with Gasteiger partial charge in [-0.05, 0) is 13.0 Å². The molecule has 76 valence electrons. The quantitative estimate of drug-likeness (QED) is 0.528. The van der Waals surface area contributed by atoms with Gasteiger partial charge in [0.05, 0.1) is 6.42 Å². The molecule has 2 N–H and O–H groups in total. The van der Waals surface area contributed by atoms with Crippen molar-refractivity contribution in [2.45, 2.75) is 19.4 Å². The zero-order valence-corrected chi connectivity index (χ0v) is 8.64. The van der Waals surface area contributed by atoms with Crippen LogP contribution in [0.3, 0.4) is 0 Å². The summed E-state index contributed by atoms with van der Waals surface area (Å²) >= 11 is 0. The van der Waals surface area contributed by atoms with Gasteiger partial charge in [0, 0.05) is 11.6 Å². The van der Waals surface area contributed by atoms with E-state index in [4.69, 9.17) is 10.5 Å². The zero-order chi connectivity index (χ0) is 9.42. The van der Waals surface area contributed by atoms with Crippen molar-refractivity contribution >= 4 is 18.4 Å². The van der Waals surface area contributed by atoms with Crippen LogP contribution in [0.25, 0.3) is 0 Å². The molecule has 0 spiro atoms. The molecule has 0 amide bonds. The maximum absolute atomic E-state index is 11.0. The summed E-state index contributed by atoms with van der Waals surface area (Å²) in [7, 11) is 0. The molecule has 1 aliphatic heterocycles. The minimum absolute atomic E-state index is 0. The summed E-state index contributed by atoms with van der Waals surface area (Å²) in [6.07, 6.45) is 0.274. The molecule has 0 aromatic heterocycles. The first-order valence-corrected chi connectivity index (χ1v) is 4.23. The van der Waals surface area contributed by atoms with Crippen molar-refractivity contribution in [3.05, 3.63) is 29.3 Å². The standard InChI is InChI=1S/C10H11NO2.ClH/c1-6-2-3-9-7(4-6)8(11)5-10(12)13-9;/h2-4,8H,5,11H2,1H3;1H. The molecule has 0 saturated carbocycles. The van der Waals surface area contributed by atoms with Crippen LogP contribution in [0.15, 0.2) is 18.2 Å². The Bertz CT molecular complexity index is 365. The Morgan fingerprint density at radius 2 is 2.21 bits per heavy atom. The lowest BCUT2D eigenvalue weighted by Gasteiger charge is -2.21. The average Bonchev–Trinajstić information content (AvgIpc) is 2.06. The van der Waals surface area contributed by atoms with Gasteiger partial charge in [-0.3, -0.25) is 4.79 Å². The van der Waals surface area contributed by atoms with Crippen LogP contribution in [-0.4, -0.2) is 5.97 Å². The number of ether oxygens (including phenoxy) is 1. The number of aryl methyl sites for hydroxylation is 1. The first kappa shape index (κ1) is 11.0. The largest absolute Gasteiger partial charge is 0.426 e. The summed E-state index contributed by atoms with van der Waals surface area (Å²) in [6.45, 7) is 1.99. The predicted octanol–water partition coefficient (Wildman–Crippen LogP) is 1.73. The lowest BCUT2D eigenvalue weighted by Crippen LogP contribution is -2.25. The molecule has 0 radical (unpaired) electrons. The van der Waals surface area contributed by atoms with E-state index in [0.717, 1.165) is 11.1 Å². The SMILES string of the molecule is Cc1ccc2c(c1)C(N)CC(=O)O2.Cl. The number of rotatable bonds is 0. The van der Waals surface area contributed by atoms with Crippen molar-refractivity contribution in [3.63, 3.8) is 0 Å². The van der Waals surface area contributed by atoms with Crippen molar-refractivity contribution in [2.75, 3.05) is 0 Å². The second kappa shape index (κ2) is 3.98. The first-order valence-electron chi connectivity index (χ1n) is 4.23. The molecule has 1 aromatic carbocycles. The van der Waals surface area contributed by atoms with Crippen LogP contribution in [-0.2, 0) is 4.79 Å². The van der Waals surface area contributed by atoms with Crippen LogP contribution in [0.5, 0.6) is 5.75 Å². The summed E-state index contributed by atoms with van der Waals surface area (Å²) < 4.78 is 5.04. The van der Waals surface area contributed by atoms with Gasteiger partial charge in [0.15, 0.2) is 0 Å². The molecule has 1 aromatic rings. The van der Waals surface area contributed by atoms with E-state index in [0.29, 0.717) is 5.75 Å². The number of esters is 1. The van der Waals surface area contributed by atoms with E-state index in [1.807, 2.05) is 19.1 Å². The number of carbonyl (C=O) groups excluding carboxylic acids is 1. The number of nitrogens with two attached hydrogens (primary N) is 1. The van der Waals surface area contributed by atoms with Gasteiger partial charge in [0.25, 0.3) is 0 Å². The third-order valence-electron chi connectivity index (χ3n) is 2.18. The predicted molar refractivity (Wildman–Crippen MR) is 55.6 cm³/mol. The maximum atomic E-state index is 11.0. The van der Waals surface area contributed by atoms with Gasteiger partial charge in [-0.1, -0.05) is 17.7 Å².